The average molecular weight is 944 g/mol. The summed E-state index contributed by atoms with van der Waals surface area (Å²) in [5.74, 6) is 0. The third-order valence-corrected chi connectivity index (χ3v) is 3.45. The number of amides is 2. The molecule has 0 bridgehead atoms. The van der Waals surface area contributed by atoms with Gasteiger partial charge in [-0.05, 0) is 7.05 Å². The van der Waals surface area contributed by atoms with Gasteiger partial charge in [-0.15, -0.1) is 0 Å². The van der Waals surface area contributed by atoms with Crippen LogP contribution >= 0.6 is 0 Å². The number of hydrogen-bond donors (Lipinski definition) is 7. The van der Waals surface area contributed by atoms with Crippen LogP contribution in [0.4, 0.5) is 4.79 Å². The summed E-state index contributed by atoms with van der Waals surface area (Å²) >= 11 is 0. The first kappa shape index (κ1) is 41.1. The van der Waals surface area contributed by atoms with E-state index in [1.54, 1.807) is 0 Å². The number of rotatable bonds is 21. The maximum Gasteiger partial charge on any atom is 0.314 e. The molecule has 33 heavy (non-hydrogen) atoms. The second-order valence-corrected chi connectivity index (χ2v) is 6.21. The van der Waals surface area contributed by atoms with E-state index in [4.69, 9.17) is 41.4 Å². The van der Waals surface area contributed by atoms with Crippen LogP contribution in [0.2, 0.25) is 0 Å². The minimum Gasteiger partial charge on any atom is -0.378 e. The maximum atomic E-state index is 11.4. The van der Waals surface area contributed by atoms with Gasteiger partial charge < -0.3 is 56.9 Å². The molecule has 0 aliphatic rings. The van der Waals surface area contributed by atoms with Crippen molar-refractivity contribution in [2.75, 3.05) is 112 Å². The summed E-state index contributed by atoms with van der Waals surface area (Å²) in [6.07, 6.45) is 0. The molecule has 0 rings (SSSR count). The van der Waals surface area contributed by atoms with E-state index in [1.807, 2.05) is 11.9 Å². The maximum absolute atomic E-state index is 11.4. The van der Waals surface area contributed by atoms with Crippen molar-refractivity contribution in [2.24, 2.45) is 17.2 Å². The van der Waals surface area contributed by atoms with Crippen LogP contribution in [0.5, 0.6) is 0 Å². The number of hydrogen-bond acceptors (Lipinski definition) is 11. The topological polar surface area (TPSA) is 192 Å². The van der Waals surface area contributed by atoms with Crippen molar-refractivity contribution in [3.8, 4) is 0 Å². The molecule has 0 radical (unpaired) electrons. The van der Waals surface area contributed by atoms with E-state index >= 15 is 0 Å². The van der Waals surface area contributed by atoms with Crippen molar-refractivity contribution < 1.29 is 99.7 Å². The van der Waals surface area contributed by atoms with Crippen molar-refractivity contribution >= 4 is 6.03 Å². The third kappa shape index (κ3) is 40.4. The number of nitrogens with two attached hydrogens (primary N) is 3. The first-order valence-electron chi connectivity index (χ1n) is 10.6. The zero-order valence-electron chi connectivity index (χ0n) is 20.0. The number of urea groups is 1. The Labute approximate surface area is 254 Å². The molecule has 0 spiro atoms. The number of likely N-dealkylation sites (N-methyl/N-ethyl adjacent to an activating group) is 1. The fourth-order valence-corrected chi connectivity index (χ4v) is 1.91. The Kier molecular flexibility index (Phi) is 46.7. The Bertz CT molecular complexity index is 386. The number of nitrogens with zero attached hydrogens (tertiary/aromatic N) is 1. The van der Waals surface area contributed by atoms with Gasteiger partial charge in [-0.1, -0.05) is 0 Å². The smallest absolute Gasteiger partial charge is 0.314 e. The number of carbonyl (C=O) groups is 1. The van der Waals surface area contributed by atoms with Crippen molar-refractivity contribution in [3.05, 3.63) is 0 Å². The molecule has 0 saturated heterocycles. The minimum atomic E-state index is -0.216. The van der Waals surface area contributed by atoms with Gasteiger partial charge in [0, 0.05) is 123 Å². The molecule has 0 aromatic heterocycles. The van der Waals surface area contributed by atoms with Crippen molar-refractivity contribution in [3.63, 3.8) is 0 Å². The Morgan fingerprint density at radius 1 is 0.727 bits per heavy atom. The van der Waals surface area contributed by atoms with E-state index in [0.717, 1.165) is 0 Å². The molecule has 0 aromatic carbocycles. The fraction of sp³-hybridized carbons (Fsp3) is 0.944. The molecule has 0 heterocycles. The molecule has 0 fully saturated rings. The summed E-state index contributed by atoms with van der Waals surface area (Å²) in [5.41, 5.74) is 17.7. The third-order valence-electron chi connectivity index (χ3n) is 3.45. The zero-order valence-corrected chi connectivity index (χ0v) is 28.3. The summed E-state index contributed by atoms with van der Waals surface area (Å²) in [6.45, 7) is 8.96. The Hall–Kier alpha value is 0.974. The van der Waals surface area contributed by atoms with Crippen molar-refractivity contribution in [2.45, 2.75) is 0 Å². The fourth-order valence-electron chi connectivity index (χ4n) is 1.91. The predicted molar refractivity (Wildman–Crippen MR) is 132 cm³/mol. The minimum absolute atomic E-state index is 0. The molecule has 10 N–H and O–H groups in total. The quantitative estimate of drug-likeness (QED) is 0.0530. The van der Waals surface area contributed by atoms with Gasteiger partial charge in [-0.2, -0.15) is 0 Å². The number of carbonyl (C=O) groups excluding carboxylic acids is 1. The average Bonchev–Trinajstić information content (AvgIpc) is 2.77. The van der Waals surface area contributed by atoms with E-state index < -0.39 is 0 Å². The summed E-state index contributed by atoms with van der Waals surface area (Å²) in [6, 6.07) is -0.216. The summed E-state index contributed by atoms with van der Waals surface area (Å²) < 4.78 is 20.5. The number of ether oxygens (including phenoxy) is 4. The second kappa shape index (κ2) is 37.5. The van der Waals surface area contributed by atoms with E-state index in [1.165, 1.54) is 0 Å². The molecule has 0 unspecified atom stereocenters. The van der Waals surface area contributed by atoms with Crippen molar-refractivity contribution in [1.82, 2.24) is 21.0 Å². The van der Waals surface area contributed by atoms with Gasteiger partial charge in [0.2, 0.25) is 0 Å². The van der Waals surface area contributed by atoms with Gasteiger partial charge in [-0.3, -0.25) is 0 Å². The zero-order chi connectivity index (χ0) is 23.4. The van der Waals surface area contributed by atoms with Crippen LogP contribution in [-0.4, -0.2) is 128 Å². The molecule has 13 nitrogen and oxygen atoms in total. The standard InChI is InChI=1S/C12H29N5O4.C6H16N2O2.2U.6H2/c1-17(7-4-16-19)6-3-14-12(18)15-5-9-21-11-10-20-8-2-13;7-1-3-9-5-6-10-4-2-8;;;;;;;;/h16,19H,2-11,13H2,1H3,(H2,14,15,18);1-8H2;;;6*1H. The van der Waals surface area contributed by atoms with Gasteiger partial charge in [0.25, 0.3) is 0 Å². The number of nitrogens with one attached hydrogen (secondary N) is 3. The van der Waals surface area contributed by atoms with Crippen LogP contribution in [0.15, 0.2) is 0 Å². The molecule has 0 atom stereocenters. The van der Waals surface area contributed by atoms with Gasteiger partial charge in [0.05, 0.1) is 52.9 Å². The van der Waals surface area contributed by atoms with E-state index in [9.17, 15) is 4.79 Å². The molecule has 0 aromatic rings. The summed E-state index contributed by atoms with van der Waals surface area (Å²) in [5, 5.41) is 13.9. The van der Waals surface area contributed by atoms with Gasteiger partial charge in [0.15, 0.2) is 0 Å². The Morgan fingerprint density at radius 2 is 1.12 bits per heavy atom. The van der Waals surface area contributed by atoms with Crippen LogP contribution < -0.4 is 33.3 Å². The monoisotopic (exact) mass is 944 g/mol. The van der Waals surface area contributed by atoms with Crippen molar-refractivity contribution in [1.29, 1.82) is 0 Å². The molecule has 0 saturated carbocycles. The molecular formula is C18H57N7O6U2. The predicted octanol–water partition coefficient (Wildman–Crippen LogP) is -1.40. The summed E-state index contributed by atoms with van der Waals surface area (Å²) in [7, 11) is 1.91. The molecule has 208 valence electrons. The van der Waals surface area contributed by atoms with Crippen LogP contribution in [0.25, 0.3) is 0 Å². The van der Waals surface area contributed by atoms with Crippen LogP contribution in [0, 0.1) is 62.2 Å². The van der Waals surface area contributed by atoms with Crippen LogP contribution in [0.1, 0.15) is 8.56 Å². The molecule has 2 amide bonds. The van der Waals surface area contributed by atoms with Gasteiger partial charge in [-0.25, -0.2) is 10.3 Å². The molecule has 0 aliphatic heterocycles. The Balaban J connectivity index is -0.0000000515. The first-order chi connectivity index (χ1) is 15.1. The van der Waals surface area contributed by atoms with E-state index in [-0.39, 0.29) is 76.8 Å². The molecule has 0 aliphatic carbocycles. The number of hydroxylamine groups is 1. The molecule has 15 heteroatoms. The van der Waals surface area contributed by atoms with Gasteiger partial charge in [0.1, 0.15) is 0 Å². The van der Waals surface area contributed by atoms with Crippen LogP contribution in [-0.2, 0) is 18.9 Å². The van der Waals surface area contributed by atoms with Gasteiger partial charge >= 0.3 is 6.03 Å². The Morgan fingerprint density at radius 3 is 1.55 bits per heavy atom. The van der Waals surface area contributed by atoms with Crippen LogP contribution in [0.3, 0.4) is 0 Å². The van der Waals surface area contributed by atoms with E-state index in [2.05, 4.69) is 16.1 Å². The second-order valence-electron chi connectivity index (χ2n) is 6.21. The molecular weight excluding hydrogens is 886 g/mol. The van der Waals surface area contributed by atoms with E-state index in [0.29, 0.717) is 105 Å². The normalized spacial score (nSPS) is 10.0. The summed E-state index contributed by atoms with van der Waals surface area (Å²) in [4.78, 5) is 13.4. The SMILES string of the molecule is CN(CCNO)CCNC(=O)NCCOCCOCCN.NCCOCCOCCN.[HH].[HH].[HH].[HH].[HH].[HH].[U].[U]. The first-order valence-corrected chi connectivity index (χ1v) is 10.6. The largest absolute Gasteiger partial charge is 0.378 e.